The molecule has 4 aromatic carbocycles. The van der Waals surface area contributed by atoms with Crippen molar-refractivity contribution in [3.05, 3.63) is 142 Å². The second-order valence-corrected chi connectivity index (χ2v) is 20.8. The number of ether oxygens (including phenoxy) is 4. The molecular weight excluding hydrogens is 965 g/mol. The highest BCUT2D eigenvalue weighted by molar-refractivity contribution is 6.19. The number of carbonyl (C=O) groups is 4. The maximum atomic E-state index is 14.7. The third-order valence-electron chi connectivity index (χ3n) is 17.1. The third-order valence-corrected chi connectivity index (χ3v) is 17.1. The molecule has 0 spiro atoms. The molecule has 0 amide bonds. The zero-order valence-corrected chi connectivity index (χ0v) is 43.9. The Labute approximate surface area is 441 Å². The summed E-state index contributed by atoms with van der Waals surface area (Å²) in [4.78, 5) is 55.9. The van der Waals surface area contributed by atoms with Crippen molar-refractivity contribution >= 4 is 68.2 Å². The second-order valence-electron chi connectivity index (χ2n) is 20.8. The number of hydroxylamine groups is 4. The van der Waals surface area contributed by atoms with Crippen LogP contribution in [-0.4, -0.2) is 100 Å². The van der Waals surface area contributed by atoms with Crippen LogP contribution in [0, 0.1) is 10.8 Å². The van der Waals surface area contributed by atoms with E-state index in [1.165, 1.54) is 24.3 Å². The molecule has 3 unspecified atom stereocenters. The lowest BCUT2D eigenvalue weighted by molar-refractivity contribution is -0.203. The van der Waals surface area contributed by atoms with Gasteiger partial charge in [0.05, 0.1) is 78.2 Å². The van der Waals surface area contributed by atoms with Crippen LogP contribution in [0.4, 0.5) is 11.4 Å². The van der Waals surface area contributed by atoms with Crippen molar-refractivity contribution in [1.82, 2.24) is 19.3 Å². The summed E-state index contributed by atoms with van der Waals surface area (Å²) in [5.74, 6) is -2.58. The number of hydrogen-bond acceptors (Lipinski definition) is 14. The van der Waals surface area contributed by atoms with Gasteiger partial charge in [-0.15, -0.1) is 0 Å². The molecule has 0 bridgehead atoms. The maximum absolute atomic E-state index is 14.7. The van der Waals surface area contributed by atoms with Crippen LogP contribution in [-0.2, 0) is 35.0 Å². The highest BCUT2D eigenvalue weighted by atomic mass is 16.5. The summed E-state index contributed by atoms with van der Waals surface area (Å²) in [6.45, 7) is 8.99. The van der Waals surface area contributed by atoms with E-state index < -0.39 is 65.0 Å². The molecule has 16 heteroatoms. The second kappa shape index (κ2) is 20.0. The lowest BCUT2D eigenvalue weighted by Gasteiger charge is -2.50. The number of methoxy groups -OCH3 is 2. The van der Waals surface area contributed by atoms with Crippen LogP contribution < -0.4 is 10.6 Å². The minimum atomic E-state index is -0.688. The summed E-state index contributed by atoms with van der Waals surface area (Å²) in [6.07, 6.45) is 7.50. The van der Waals surface area contributed by atoms with Gasteiger partial charge in [0, 0.05) is 58.0 Å². The van der Waals surface area contributed by atoms with Crippen LogP contribution in [0.1, 0.15) is 139 Å². The molecule has 7 atom stereocenters. The average Bonchev–Trinajstić information content (AvgIpc) is 3.95. The quantitative estimate of drug-likeness (QED) is 0.0632. The van der Waals surface area contributed by atoms with E-state index in [4.69, 9.17) is 18.9 Å². The number of fused-ring (bicyclic) bond motifs is 11. The van der Waals surface area contributed by atoms with E-state index in [-0.39, 0.29) is 13.2 Å². The molecule has 5 aliphatic rings. The zero-order valence-electron chi connectivity index (χ0n) is 43.9. The van der Waals surface area contributed by atoms with Crippen molar-refractivity contribution in [3.8, 4) is 0 Å². The minimum Gasteiger partial charge on any atom is -0.465 e. The van der Waals surface area contributed by atoms with E-state index in [1.54, 1.807) is 32.0 Å². The Balaban J connectivity index is 1.22. The van der Waals surface area contributed by atoms with Gasteiger partial charge in [-0.05, 0) is 130 Å². The number of esters is 4. The van der Waals surface area contributed by atoms with Crippen LogP contribution in [0.25, 0.3) is 33.0 Å². The molecule has 4 N–H and O–H groups in total. The predicted molar refractivity (Wildman–Crippen MR) is 288 cm³/mol. The van der Waals surface area contributed by atoms with Gasteiger partial charge < -0.3 is 49.1 Å². The van der Waals surface area contributed by atoms with Crippen molar-refractivity contribution in [1.29, 1.82) is 0 Å². The van der Waals surface area contributed by atoms with E-state index in [2.05, 4.69) is 45.7 Å². The number of nitrogens with zero attached hydrogens (tertiary/aromatic N) is 4. The fraction of sp³-hybridized carbons (Fsp3) is 0.400. The lowest BCUT2D eigenvalue weighted by atomic mass is 9.69. The molecule has 0 aliphatic carbocycles. The Bertz CT molecular complexity index is 3360. The molecule has 2 fully saturated rings. The minimum absolute atomic E-state index is 0.174. The van der Waals surface area contributed by atoms with Crippen molar-refractivity contribution in [2.75, 3.05) is 51.2 Å². The fourth-order valence-corrected chi connectivity index (χ4v) is 13.8. The molecule has 0 radical (unpaired) electrons. The summed E-state index contributed by atoms with van der Waals surface area (Å²) in [5, 5.41) is 36.6. The molecule has 2 saturated heterocycles. The van der Waals surface area contributed by atoms with Crippen molar-refractivity contribution in [2.45, 2.75) is 103 Å². The van der Waals surface area contributed by atoms with Crippen molar-refractivity contribution < 1.29 is 48.5 Å². The molecule has 11 rings (SSSR count). The first-order valence-electron chi connectivity index (χ1n) is 26.8. The fourth-order valence-electron chi connectivity index (χ4n) is 13.8. The highest BCUT2D eigenvalue weighted by Crippen LogP contribution is 2.59. The first kappa shape index (κ1) is 50.9. The molecule has 0 saturated carbocycles. The van der Waals surface area contributed by atoms with Gasteiger partial charge in [0.25, 0.3) is 0 Å². The van der Waals surface area contributed by atoms with E-state index in [9.17, 15) is 29.6 Å². The highest BCUT2D eigenvalue weighted by Gasteiger charge is 2.53. The van der Waals surface area contributed by atoms with Gasteiger partial charge in [-0.1, -0.05) is 62.4 Å². The van der Waals surface area contributed by atoms with E-state index >= 15 is 0 Å². The van der Waals surface area contributed by atoms with Crippen LogP contribution in [0.3, 0.4) is 0 Å². The number of aromatic nitrogens is 2. The smallest absolute Gasteiger partial charge is 0.339 e. The Morgan fingerprint density at radius 1 is 0.658 bits per heavy atom. The van der Waals surface area contributed by atoms with Crippen LogP contribution in [0.5, 0.6) is 0 Å². The molecule has 2 aromatic heterocycles. The average molecular weight is 1030 g/mol. The monoisotopic (exact) mass is 1030 g/mol. The van der Waals surface area contributed by atoms with Gasteiger partial charge in [0.15, 0.2) is 0 Å². The summed E-state index contributed by atoms with van der Waals surface area (Å²) in [6, 6.07) is 27.5. The Morgan fingerprint density at radius 3 is 1.76 bits per heavy atom. The van der Waals surface area contributed by atoms with Crippen molar-refractivity contribution in [3.63, 3.8) is 0 Å². The van der Waals surface area contributed by atoms with Crippen LogP contribution in [0.15, 0.2) is 103 Å². The van der Waals surface area contributed by atoms with Gasteiger partial charge in [-0.3, -0.25) is 0 Å². The van der Waals surface area contributed by atoms with Gasteiger partial charge in [-0.25, -0.2) is 19.2 Å². The zero-order chi connectivity index (χ0) is 53.2. The summed E-state index contributed by atoms with van der Waals surface area (Å²) < 4.78 is 26.6. The van der Waals surface area contributed by atoms with E-state index in [0.29, 0.717) is 78.1 Å². The third kappa shape index (κ3) is 8.02. The topological polar surface area (TPSA) is 186 Å². The summed E-state index contributed by atoms with van der Waals surface area (Å²) in [5.41, 5.74) is 6.98. The molecule has 396 valence electrons. The molecule has 76 heavy (non-hydrogen) atoms. The Kier molecular flexibility index (Phi) is 13.4. The maximum Gasteiger partial charge on any atom is 0.339 e. The number of carbonyl (C=O) groups excluding carboxylic acids is 4. The first-order chi connectivity index (χ1) is 36.9. The van der Waals surface area contributed by atoms with E-state index in [0.717, 1.165) is 63.4 Å². The molecule has 6 aromatic rings. The number of hydrogen-bond donors (Lipinski definition) is 4. The summed E-state index contributed by atoms with van der Waals surface area (Å²) in [7, 11) is 2.79. The number of piperidine rings is 2. The summed E-state index contributed by atoms with van der Waals surface area (Å²) >= 11 is 0. The Morgan fingerprint density at radius 2 is 1.18 bits per heavy atom. The Hall–Kier alpha value is -7.24. The van der Waals surface area contributed by atoms with Crippen LogP contribution >= 0.6 is 0 Å². The number of nitrogens with one attached hydrogen (secondary N) is 2. The SMILES string of the molecule is CCOC(=O)c1ccc(NC2c3cc(C(=O)OCC)ccc3NC(Cc3c4n(c5ccccc35)[C@H]3N(O)CCC[C@@]3(CC)C=C4C(=O)OC)C2c2c3n(c4ccccc24)[C@H]2N(O)CCC[C@@]2(CC)C=C3C(=O)OC)cc1. The molecule has 16 nitrogen and oxygen atoms in total. The van der Waals surface area contributed by atoms with Gasteiger partial charge in [0.2, 0.25) is 0 Å². The number of anilines is 2. The molecule has 7 heterocycles. The number of rotatable bonds is 13. The number of benzene rings is 4. The largest absolute Gasteiger partial charge is 0.465 e. The van der Waals surface area contributed by atoms with Gasteiger partial charge in [-0.2, -0.15) is 10.1 Å². The van der Waals surface area contributed by atoms with Crippen molar-refractivity contribution in [2.24, 2.45) is 10.8 Å². The van der Waals surface area contributed by atoms with Gasteiger partial charge >= 0.3 is 23.9 Å². The van der Waals surface area contributed by atoms with Gasteiger partial charge in [0.1, 0.15) is 12.3 Å². The van der Waals surface area contributed by atoms with E-state index in [1.807, 2.05) is 72.8 Å². The first-order valence-corrected chi connectivity index (χ1v) is 26.8. The molecular formula is C60H66N6O10. The standard InChI is InChI=1S/C60H66N6O10/c1-7-59-27-15-29-63(71)57(59)65-46-19-13-11-17-38(46)40(51(65)42(33-59)55(69)73-5)32-45-49(48-39-18-12-14-20-47(39)66-52(48)43(56(70)74-6)34-60(8-2)28-16-30-64(72)58(60)66)50(61-37-24-21-35(22-25-37)53(67)75-9-3)41-31-36(54(68)76-10-4)23-26-44(41)62-45/h11-14,17-26,31,33-34,45,49-50,57-58,61-62,71-72H,7-10,15-16,27-30,32H2,1-6H3/t45?,49?,50?,57-,58-,59+,60+/m1/s1. The number of para-hydroxylation sites is 2. The molecule has 5 aliphatic heterocycles. The van der Waals surface area contributed by atoms with Crippen LogP contribution in [0.2, 0.25) is 0 Å². The predicted octanol–water partition coefficient (Wildman–Crippen LogP) is 10.8. The normalized spacial score (nSPS) is 24.9. The lowest BCUT2D eigenvalue weighted by Crippen LogP contribution is -2.49.